The van der Waals surface area contributed by atoms with Gasteiger partial charge in [0, 0.05) is 5.33 Å². The van der Waals surface area contributed by atoms with Crippen molar-refractivity contribution in [3.63, 3.8) is 0 Å². The normalized spacial score (nSPS) is 11.0. The number of pyridine rings is 1. The van der Waals surface area contributed by atoms with E-state index in [2.05, 4.69) is 20.9 Å². The van der Waals surface area contributed by atoms with Crippen LogP contribution in [0.25, 0.3) is 0 Å². The lowest BCUT2D eigenvalue weighted by molar-refractivity contribution is 0.150. The van der Waals surface area contributed by atoms with E-state index in [0.717, 1.165) is 0 Å². The van der Waals surface area contributed by atoms with Crippen LogP contribution in [0.5, 0.6) is 0 Å². The van der Waals surface area contributed by atoms with Gasteiger partial charge in [-0.2, -0.15) is 0 Å². The van der Waals surface area contributed by atoms with Gasteiger partial charge < -0.3 is 5.11 Å². The highest BCUT2D eigenvalue weighted by molar-refractivity contribution is 9.08. The molecular formula is C8H7BrClF2NO. The molecule has 78 valence electrons. The molecule has 0 aliphatic heterocycles. The van der Waals surface area contributed by atoms with Gasteiger partial charge in [0.15, 0.2) is 0 Å². The molecule has 1 rings (SSSR count). The Morgan fingerprint density at radius 1 is 1.57 bits per heavy atom. The van der Waals surface area contributed by atoms with Crippen molar-refractivity contribution in [3.8, 4) is 0 Å². The van der Waals surface area contributed by atoms with Gasteiger partial charge in [0.25, 0.3) is 6.43 Å². The van der Waals surface area contributed by atoms with Crippen molar-refractivity contribution in [2.75, 3.05) is 0 Å². The van der Waals surface area contributed by atoms with Gasteiger partial charge >= 0.3 is 0 Å². The highest BCUT2D eigenvalue weighted by atomic mass is 79.9. The molecule has 6 heteroatoms. The molecule has 0 spiro atoms. The molecule has 14 heavy (non-hydrogen) atoms. The summed E-state index contributed by atoms with van der Waals surface area (Å²) in [5, 5.41) is 8.91. The smallest absolute Gasteiger partial charge is 0.267 e. The van der Waals surface area contributed by atoms with Gasteiger partial charge in [0.05, 0.1) is 28.6 Å². The fourth-order valence-corrected chi connectivity index (χ4v) is 1.79. The number of aliphatic hydroxyl groups is 1. The molecule has 0 radical (unpaired) electrons. The van der Waals surface area contributed by atoms with E-state index in [-0.39, 0.29) is 33.9 Å². The van der Waals surface area contributed by atoms with Crippen LogP contribution >= 0.6 is 27.5 Å². The predicted octanol–water partition coefficient (Wildman–Crippen LogP) is 3.06. The van der Waals surface area contributed by atoms with E-state index in [0.29, 0.717) is 0 Å². The molecule has 1 N–H and O–H groups in total. The topological polar surface area (TPSA) is 33.1 Å². The molecule has 0 aromatic carbocycles. The van der Waals surface area contributed by atoms with E-state index in [1.165, 1.54) is 6.07 Å². The zero-order chi connectivity index (χ0) is 10.7. The van der Waals surface area contributed by atoms with E-state index in [1.807, 2.05) is 0 Å². The Morgan fingerprint density at radius 3 is 2.64 bits per heavy atom. The SMILES string of the molecule is OCc1cc(Cl)c(C(F)F)c(CBr)n1. The second kappa shape index (κ2) is 5.00. The minimum Gasteiger partial charge on any atom is -0.390 e. The second-order valence-corrected chi connectivity index (χ2v) is 3.52. The van der Waals surface area contributed by atoms with Crippen molar-refractivity contribution in [2.45, 2.75) is 18.4 Å². The van der Waals surface area contributed by atoms with E-state index in [1.54, 1.807) is 0 Å². The summed E-state index contributed by atoms with van der Waals surface area (Å²) in [6.07, 6.45) is -2.66. The lowest BCUT2D eigenvalue weighted by Crippen LogP contribution is -2.01. The summed E-state index contributed by atoms with van der Waals surface area (Å²) in [4.78, 5) is 3.83. The second-order valence-electron chi connectivity index (χ2n) is 2.55. The fourth-order valence-electron chi connectivity index (χ4n) is 1.04. The summed E-state index contributed by atoms with van der Waals surface area (Å²) in [5.41, 5.74) is 0.172. The first-order chi connectivity index (χ1) is 6.60. The van der Waals surface area contributed by atoms with Crippen LogP contribution < -0.4 is 0 Å². The van der Waals surface area contributed by atoms with Gasteiger partial charge in [0.2, 0.25) is 0 Å². The number of hydrogen-bond acceptors (Lipinski definition) is 2. The number of aromatic nitrogens is 1. The van der Waals surface area contributed by atoms with Crippen LogP contribution in [0.2, 0.25) is 5.02 Å². The number of nitrogens with zero attached hydrogens (tertiary/aromatic N) is 1. The Hall–Kier alpha value is -0.260. The average molecular weight is 287 g/mol. The third-order valence-corrected chi connectivity index (χ3v) is 2.49. The Bertz CT molecular complexity index is 335. The van der Waals surface area contributed by atoms with Crippen molar-refractivity contribution in [2.24, 2.45) is 0 Å². The molecule has 0 saturated carbocycles. The first-order valence-corrected chi connectivity index (χ1v) is 5.23. The van der Waals surface area contributed by atoms with Crippen molar-refractivity contribution in [1.82, 2.24) is 4.98 Å². The largest absolute Gasteiger partial charge is 0.390 e. The lowest BCUT2D eigenvalue weighted by atomic mass is 10.2. The van der Waals surface area contributed by atoms with Crippen molar-refractivity contribution >= 4 is 27.5 Å². The zero-order valence-corrected chi connectivity index (χ0v) is 9.32. The summed E-state index contributed by atoms with van der Waals surface area (Å²) >= 11 is 8.67. The molecule has 0 saturated heterocycles. The van der Waals surface area contributed by atoms with E-state index >= 15 is 0 Å². The minimum atomic E-state index is -2.66. The van der Waals surface area contributed by atoms with Gasteiger partial charge in [-0.15, -0.1) is 0 Å². The summed E-state index contributed by atoms with van der Waals surface area (Å²) < 4.78 is 25.0. The molecule has 1 aromatic heterocycles. The molecule has 2 nitrogen and oxygen atoms in total. The van der Waals surface area contributed by atoms with E-state index in [9.17, 15) is 8.78 Å². The third kappa shape index (κ3) is 2.40. The van der Waals surface area contributed by atoms with Crippen LogP contribution in [0.1, 0.15) is 23.4 Å². The summed E-state index contributed by atoms with van der Waals surface area (Å²) in [7, 11) is 0. The first kappa shape index (κ1) is 11.8. The standard InChI is InChI=1S/C8H7BrClF2NO/c9-2-6-7(8(11)12)5(10)1-4(3-14)13-6/h1,8,14H,2-3H2. The molecule has 0 atom stereocenters. The van der Waals surface area contributed by atoms with Gasteiger partial charge in [-0.25, -0.2) is 8.78 Å². The summed E-state index contributed by atoms with van der Waals surface area (Å²) in [6.45, 7) is -0.316. The van der Waals surface area contributed by atoms with Crippen molar-refractivity contribution < 1.29 is 13.9 Å². The fraction of sp³-hybridized carbons (Fsp3) is 0.375. The highest BCUT2D eigenvalue weighted by Gasteiger charge is 2.18. The Morgan fingerprint density at radius 2 is 2.21 bits per heavy atom. The molecule has 0 aliphatic rings. The average Bonchev–Trinajstić information content (AvgIpc) is 2.15. The summed E-state index contributed by atoms with van der Waals surface area (Å²) in [6, 6.07) is 1.25. The zero-order valence-electron chi connectivity index (χ0n) is 6.98. The molecule has 0 fully saturated rings. The monoisotopic (exact) mass is 285 g/mol. The van der Waals surface area contributed by atoms with Crippen LogP contribution in [0.4, 0.5) is 8.78 Å². The number of rotatable bonds is 3. The van der Waals surface area contributed by atoms with Crippen LogP contribution in [0.3, 0.4) is 0 Å². The van der Waals surface area contributed by atoms with Crippen LogP contribution in [-0.4, -0.2) is 10.1 Å². The van der Waals surface area contributed by atoms with Gasteiger partial charge in [-0.05, 0) is 6.07 Å². The van der Waals surface area contributed by atoms with Crippen LogP contribution in [-0.2, 0) is 11.9 Å². The maximum Gasteiger partial charge on any atom is 0.267 e. The van der Waals surface area contributed by atoms with Crippen molar-refractivity contribution in [1.29, 1.82) is 0 Å². The third-order valence-electron chi connectivity index (χ3n) is 1.65. The van der Waals surface area contributed by atoms with E-state index < -0.39 is 6.43 Å². The summed E-state index contributed by atoms with van der Waals surface area (Å²) in [5.74, 6) is 0. The number of halogens is 4. The maximum absolute atomic E-state index is 12.5. The number of aliphatic hydroxyl groups excluding tert-OH is 1. The first-order valence-electron chi connectivity index (χ1n) is 3.73. The van der Waals surface area contributed by atoms with Gasteiger partial charge in [-0.3, -0.25) is 4.98 Å². The Labute approximate surface area is 93.0 Å². The molecule has 1 heterocycles. The van der Waals surface area contributed by atoms with E-state index in [4.69, 9.17) is 16.7 Å². The van der Waals surface area contributed by atoms with Gasteiger partial charge in [-0.1, -0.05) is 27.5 Å². The van der Waals surface area contributed by atoms with Crippen LogP contribution in [0, 0.1) is 0 Å². The van der Waals surface area contributed by atoms with Crippen LogP contribution in [0.15, 0.2) is 6.07 Å². The lowest BCUT2D eigenvalue weighted by Gasteiger charge is -2.09. The molecular weight excluding hydrogens is 279 g/mol. The van der Waals surface area contributed by atoms with Gasteiger partial charge in [0.1, 0.15) is 0 Å². The minimum absolute atomic E-state index is 0.0616. The number of hydrogen-bond donors (Lipinski definition) is 1. The quantitative estimate of drug-likeness (QED) is 0.866. The highest BCUT2D eigenvalue weighted by Crippen LogP contribution is 2.31. The molecule has 0 amide bonds. The molecule has 0 aliphatic carbocycles. The molecule has 1 aromatic rings. The Balaban J connectivity index is 3.27. The molecule has 0 unspecified atom stereocenters. The Kier molecular flexibility index (Phi) is 4.22. The predicted molar refractivity (Wildman–Crippen MR) is 52.8 cm³/mol. The molecule has 0 bridgehead atoms. The van der Waals surface area contributed by atoms with Crippen molar-refractivity contribution in [3.05, 3.63) is 28.0 Å². The number of alkyl halides is 3. The maximum atomic E-state index is 12.5.